The average molecular weight is 248 g/mol. The van der Waals surface area contributed by atoms with Crippen LogP contribution < -0.4 is 0 Å². The zero-order valence-electron chi connectivity index (χ0n) is 10.6. The highest BCUT2D eigenvalue weighted by atomic mass is 32.2. The third-order valence-electron chi connectivity index (χ3n) is 2.42. The van der Waals surface area contributed by atoms with Crippen molar-refractivity contribution in [1.29, 1.82) is 0 Å². The van der Waals surface area contributed by atoms with Gasteiger partial charge in [-0.25, -0.2) is 0 Å². The number of rotatable bonds is 7. The van der Waals surface area contributed by atoms with E-state index >= 15 is 0 Å². The molecule has 0 aromatic heterocycles. The summed E-state index contributed by atoms with van der Waals surface area (Å²) in [6, 6.07) is 10.4. The van der Waals surface area contributed by atoms with Gasteiger partial charge in [-0.3, -0.25) is 4.79 Å². The maximum atomic E-state index is 11.0. The SMILES string of the molecule is CCCCC(/C=C/C(C)=O)Sc1ccccc1. The summed E-state index contributed by atoms with van der Waals surface area (Å²) in [5.74, 6) is 0.125. The van der Waals surface area contributed by atoms with Crippen LogP contribution in [0.1, 0.15) is 33.1 Å². The molecule has 0 radical (unpaired) electrons. The van der Waals surface area contributed by atoms with Gasteiger partial charge in [-0.15, -0.1) is 11.8 Å². The normalized spacial score (nSPS) is 12.8. The summed E-state index contributed by atoms with van der Waals surface area (Å²) >= 11 is 1.83. The fourth-order valence-corrected chi connectivity index (χ4v) is 2.62. The zero-order valence-corrected chi connectivity index (χ0v) is 11.4. The Kier molecular flexibility index (Phi) is 6.71. The molecule has 1 atom stereocenters. The lowest BCUT2D eigenvalue weighted by molar-refractivity contribution is -0.112. The summed E-state index contributed by atoms with van der Waals surface area (Å²) in [6.07, 6.45) is 7.25. The lowest BCUT2D eigenvalue weighted by Gasteiger charge is -2.11. The summed E-state index contributed by atoms with van der Waals surface area (Å²) in [6.45, 7) is 3.79. The van der Waals surface area contributed by atoms with Gasteiger partial charge in [0.1, 0.15) is 0 Å². The number of carbonyl (C=O) groups excluding carboxylic acids is 1. The molecule has 0 saturated heterocycles. The number of carbonyl (C=O) groups is 1. The Labute approximate surface area is 108 Å². The van der Waals surface area contributed by atoms with Gasteiger partial charge in [0.15, 0.2) is 5.78 Å². The maximum Gasteiger partial charge on any atom is 0.152 e. The van der Waals surface area contributed by atoms with Crippen LogP contribution in [0.3, 0.4) is 0 Å². The van der Waals surface area contributed by atoms with Crippen molar-refractivity contribution in [3.8, 4) is 0 Å². The Morgan fingerprint density at radius 1 is 1.35 bits per heavy atom. The van der Waals surface area contributed by atoms with E-state index in [1.54, 1.807) is 13.0 Å². The van der Waals surface area contributed by atoms with Crippen molar-refractivity contribution in [1.82, 2.24) is 0 Å². The molecule has 17 heavy (non-hydrogen) atoms. The first-order valence-electron chi connectivity index (χ1n) is 6.13. The third-order valence-corrected chi connectivity index (χ3v) is 3.66. The molecule has 0 heterocycles. The van der Waals surface area contributed by atoms with Crippen LogP contribution in [0.15, 0.2) is 47.4 Å². The molecule has 0 aliphatic carbocycles. The second-order valence-corrected chi connectivity index (χ2v) is 5.39. The van der Waals surface area contributed by atoms with Crippen molar-refractivity contribution in [3.63, 3.8) is 0 Å². The molecule has 1 rings (SSSR count). The van der Waals surface area contributed by atoms with Crippen LogP contribution in [0.4, 0.5) is 0 Å². The quantitative estimate of drug-likeness (QED) is 0.522. The Bertz CT molecular complexity index is 356. The number of unbranched alkanes of at least 4 members (excludes halogenated alkanes) is 1. The Morgan fingerprint density at radius 3 is 2.65 bits per heavy atom. The molecule has 1 aromatic rings. The zero-order chi connectivity index (χ0) is 12.5. The lowest BCUT2D eigenvalue weighted by Crippen LogP contribution is -1.99. The number of hydrogen-bond acceptors (Lipinski definition) is 2. The van der Waals surface area contributed by atoms with E-state index in [4.69, 9.17) is 0 Å². The number of benzene rings is 1. The highest BCUT2D eigenvalue weighted by Crippen LogP contribution is 2.27. The van der Waals surface area contributed by atoms with Crippen molar-refractivity contribution in [2.24, 2.45) is 0 Å². The molecule has 92 valence electrons. The molecule has 0 spiro atoms. The van der Waals surface area contributed by atoms with E-state index in [9.17, 15) is 4.79 Å². The number of allylic oxidation sites excluding steroid dienone is 1. The molecular weight excluding hydrogens is 228 g/mol. The maximum absolute atomic E-state index is 11.0. The molecule has 1 aromatic carbocycles. The first-order valence-corrected chi connectivity index (χ1v) is 7.00. The van der Waals surface area contributed by atoms with Gasteiger partial charge >= 0.3 is 0 Å². The number of hydrogen-bond donors (Lipinski definition) is 0. The summed E-state index contributed by atoms with van der Waals surface area (Å²) in [4.78, 5) is 12.2. The standard InChI is InChI=1S/C15H20OS/c1-3-4-8-15(12-11-13(2)16)17-14-9-6-5-7-10-14/h5-7,9-12,15H,3-4,8H2,1-2H3/b12-11+. The van der Waals surface area contributed by atoms with E-state index < -0.39 is 0 Å². The van der Waals surface area contributed by atoms with Gasteiger partial charge in [-0.2, -0.15) is 0 Å². The molecule has 1 unspecified atom stereocenters. The highest BCUT2D eigenvalue weighted by Gasteiger charge is 2.06. The van der Waals surface area contributed by atoms with Crippen molar-refractivity contribution < 1.29 is 4.79 Å². The minimum absolute atomic E-state index is 0.125. The van der Waals surface area contributed by atoms with Crippen molar-refractivity contribution in [3.05, 3.63) is 42.5 Å². The van der Waals surface area contributed by atoms with Gasteiger partial charge in [0, 0.05) is 10.1 Å². The van der Waals surface area contributed by atoms with E-state index in [1.807, 2.05) is 36.0 Å². The molecular formula is C15H20OS. The topological polar surface area (TPSA) is 17.1 Å². The van der Waals surface area contributed by atoms with Crippen molar-refractivity contribution in [2.45, 2.75) is 43.3 Å². The lowest BCUT2D eigenvalue weighted by atomic mass is 10.2. The van der Waals surface area contributed by atoms with E-state index in [0.717, 1.165) is 6.42 Å². The van der Waals surface area contributed by atoms with Crippen LogP contribution in [-0.4, -0.2) is 11.0 Å². The third kappa shape index (κ3) is 6.32. The fraction of sp³-hybridized carbons (Fsp3) is 0.400. The van der Waals surface area contributed by atoms with Gasteiger partial charge in [0.2, 0.25) is 0 Å². The van der Waals surface area contributed by atoms with Gasteiger partial charge in [0.05, 0.1) is 0 Å². The van der Waals surface area contributed by atoms with Crippen LogP contribution in [0, 0.1) is 0 Å². The number of thioether (sulfide) groups is 1. The van der Waals surface area contributed by atoms with Crippen molar-refractivity contribution in [2.75, 3.05) is 0 Å². The van der Waals surface area contributed by atoms with Gasteiger partial charge in [-0.1, -0.05) is 44.0 Å². The van der Waals surface area contributed by atoms with Gasteiger partial charge in [0.25, 0.3) is 0 Å². The predicted molar refractivity (Wildman–Crippen MR) is 75.4 cm³/mol. The minimum atomic E-state index is 0.125. The smallest absolute Gasteiger partial charge is 0.152 e. The highest BCUT2D eigenvalue weighted by molar-refractivity contribution is 8.00. The first kappa shape index (κ1) is 14.0. The van der Waals surface area contributed by atoms with E-state index in [-0.39, 0.29) is 5.78 Å². The van der Waals surface area contributed by atoms with Crippen LogP contribution in [0.2, 0.25) is 0 Å². The molecule has 2 heteroatoms. The average Bonchev–Trinajstić information content (AvgIpc) is 2.34. The summed E-state index contributed by atoms with van der Waals surface area (Å²) in [7, 11) is 0. The van der Waals surface area contributed by atoms with E-state index in [0.29, 0.717) is 5.25 Å². The van der Waals surface area contributed by atoms with Crippen LogP contribution in [-0.2, 0) is 4.79 Å². The summed E-state index contributed by atoms with van der Waals surface area (Å²) in [5, 5.41) is 0.404. The minimum Gasteiger partial charge on any atom is -0.295 e. The largest absolute Gasteiger partial charge is 0.295 e. The second kappa shape index (κ2) is 8.13. The predicted octanol–water partition coefficient (Wildman–Crippen LogP) is 4.48. The van der Waals surface area contributed by atoms with Gasteiger partial charge in [-0.05, 0) is 31.6 Å². The Hall–Kier alpha value is -1.02. The van der Waals surface area contributed by atoms with Gasteiger partial charge < -0.3 is 0 Å². The Morgan fingerprint density at radius 2 is 2.06 bits per heavy atom. The molecule has 0 N–H and O–H groups in total. The van der Waals surface area contributed by atoms with E-state index in [2.05, 4.69) is 19.1 Å². The fourth-order valence-electron chi connectivity index (χ4n) is 1.52. The molecule has 0 aliphatic rings. The molecule has 0 amide bonds. The number of ketones is 1. The molecule has 1 nitrogen and oxygen atoms in total. The monoisotopic (exact) mass is 248 g/mol. The molecule has 0 fully saturated rings. The van der Waals surface area contributed by atoms with Crippen molar-refractivity contribution >= 4 is 17.5 Å². The molecule has 0 aliphatic heterocycles. The van der Waals surface area contributed by atoms with Crippen LogP contribution in [0.25, 0.3) is 0 Å². The first-order chi connectivity index (χ1) is 8.22. The Balaban J connectivity index is 2.60. The molecule has 0 saturated carbocycles. The summed E-state index contributed by atoms with van der Waals surface area (Å²) < 4.78 is 0. The van der Waals surface area contributed by atoms with Crippen LogP contribution >= 0.6 is 11.8 Å². The molecule has 0 bridgehead atoms. The second-order valence-electron chi connectivity index (χ2n) is 4.08. The van der Waals surface area contributed by atoms with E-state index in [1.165, 1.54) is 17.7 Å². The van der Waals surface area contributed by atoms with Crippen LogP contribution in [0.5, 0.6) is 0 Å². The summed E-state index contributed by atoms with van der Waals surface area (Å²) in [5.41, 5.74) is 0.